The van der Waals surface area contributed by atoms with Gasteiger partial charge in [0.2, 0.25) is 5.91 Å². The third-order valence-corrected chi connectivity index (χ3v) is 3.37. The number of hydrogen-bond acceptors (Lipinski definition) is 3. The molecular weight excluding hydrogens is 208 g/mol. The average molecular weight is 224 g/mol. The second-order valence-corrected chi connectivity index (χ2v) is 4.88. The summed E-state index contributed by atoms with van der Waals surface area (Å²) < 4.78 is 0. The van der Waals surface area contributed by atoms with Gasteiger partial charge in [-0.1, -0.05) is 13.8 Å². The molecule has 0 aliphatic heterocycles. The molecule has 0 aliphatic rings. The molecule has 4 heteroatoms. The summed E-state index contributed by atoms with van der Waals surface area (Å²) in [6, 6.07) is 5.13. The summed E-state index contributed by atoms with van der Waals surface area (Å²) in [5, 5.41) is 0. The van der Waals surface area contributed by atoms with Crippen molar-refractivity contribution in [3.05, 3.63) is 23.8 Å². The van der Waals surface area contributed by atoms with Crippen LogP contribution in [0.3, 0.4) is 0 Å². The first-order valence-corrected chi connectivity index (χ1v) is 5.81. The molecule has 0 radical (unpaired) electrons. The lowest BCUT2D eigenvalue weighted by Crippen LogP contribution is -2.11. The molecule has 1 amide bonds. The Bertz CT molecular complexity index is 364. The van der Waals surface area contributed by atoms with Gasteiger partial charge in [-0.05, 0) is 24.1 Å². The lowest BCUT2D eigenvalue weighted by Gasteiger charge is -2.08. The van der Waals surface area contributed by atoms with Gasteiger partial charge in [0.05, 0.1) is 0 Å². The van der Waals surface area contributed by atoms with Gasteiger partial charge in [0.15, 0.2) is 0 Å². The van der Waals surface area contributed by atoms with Crippen LogP contribution in [0, 0.1) is 5.92 Å². The molecule has 0 atom stereocenters. The van der Waals surface area contributed by atoms with Crippen LogP contribution in [0.2, 0.25) is 0 Å². The van der Waals surface area contributed by atoms with Crippen LogP contribution in [0.1, 0.15) is 24.2 Å². The fourth-order valence-corrected chi connectivity index (χ4v) is 2.03. The number of benzene rings is 1. The van der Waals surface area contributed by atoms with E-state index in [1.807, 2.05) is 0 Å². The van der Waals surface area contributed by atoms with Crippen molar-refractivity contribution in [2.45, 2.75) is 18.7 Å². The zero-order valence-corrected chi connectivity index (χ0v) is 9.80. The summed E-state index contributed by atoms with van der Waals surface area (Å²) in [6.07, 6.45) is 0. The van der Waals surface area contributed by atoms with Crippen molar-refractivity contribution < 1.29 is 4.79 Å². The minimum absolute atomic E-state index is 0.415. The van der Waals surface area contributed by atoms with Gasteiger partial charge in [-0.2, -0.15) is 0 Å². The topological polar surface area (TPSA) is 69.1 Å². The van der Waals surface area contributed by atoms with Gasteiger partial charge < -0.3 is 11.5 Å². The third-order valence-electron chi connectivity index (χ3n) is 1.87. The van der Waals surface area contributed by atoms with Crippen molar-refractivity contribution in [2.75, 3.05) is 11.5 Å². The molecule has 0 bridgehead atoms. The molecule has 1 aromatic carbocycles. The van der Waals surface area contributed by atoms with Gasteiger partial charge in [0.25, 0.3) is 0 Å². The molecule has 1 aromatic rings. The highest BCUT2D eigenvalue weighted by atomic mass is 32.2. The zero-order chi connectivity index (χ0) is 11.4. The van der Waals surface area contributed by atoms with E-state index in [-0.39, 0.29) is 0 Å². The Morgan fingerprint density at radius 2 is 2.13 bits per heavy atom. The van der Waals surface area contributed by atoms with Crippen LogP contribution in [0.5, 0.6) is 0 Å². The van der Waals surface area contributed by atoms with Gasteiger partial charge in [0.1, 0.15) is 0 Å². The highest BCUT2D eigenvalue weighted by Crippen LogP contribution is 2.27. The van der Waals surface area contributed by atoms with Crippen LogP contribution in [0.4, 0.5) is 5.69 Å². The largest absolute Gasteiger partial charge is 0.398 e. The Kier molecular flexibility index (Phi) is 4.03. The molecule has 0 heterocycles. The molecule has 0 aliphatic carbocycles. The van der Waals surface area contributed by atoms with E-state index in [1.54, 1.807) is 30.0 Å². The van der Waals surface area contributed by atoms with Gasteiger partial charge in [-0.3, -0.25) is 4.79 Å². The molecule has 15 heavy (non-hydrogen) atoms. The van der Waals surface area contributed by atoms with Crippen molar-refractivity contribution >= 4 is 23.4 Å². The Labute approximate surface area is 94.2 Å². The van der Waals surface area contributed by atoms with Crippen LogP contribution in [-0.4, -0.2) is 11.7 Å². The molecule has 0 saturated heterocycles. The lowest BCUT2D eigenvalue weighted by atomic mass is 10.2. The highest BCUT2D eigenvalue weighted by Gasteiger charge is 2.06. The molecule has 4 N–H and O–H groups in total. The number of carbonyl (C=O) groups is 1. The van der Waals surface area contributed by atoms with E-state index in [9.17, 15) is 4.79 Å². The number of nitrogen functional groups attached to an aromatic ring is 1. The summed E-state index contributed by atoms with van der Waals surface area (Å²) >= 11 is 1.65. The maximum Gasteiger partial charge on any atom is 0.248 e. The second-order valence-electron chi connectivity index (χ2n) is 3.82. The predicted octanol–water partition coefficient (Wildman–Crippen LogP) is 2.12. The van der Waals surface area contributed by atoms with E-state index in [0.717, 1.165) is 10.6 Å². The minimum atomic E-state index is -0.415. The van der Waals surface area contributed by atoms with Crippen molar-refractivity contribution in [1.29, 1.82) is 0 Å². The standard InChI is InChI=1S/C11H16N2OS/c1-7(2)6-15-10-5-8(11(13)14)3-4-9(10)12/h3-5,7H,6,12H2,1-2H3,(H2,13,14). The van der Waals surface area contributed by atoms with Crippen molar-refractivity contribution in [2.24, 2.45) is 11.7 Å². The number of carbonyl (C=O) groups excluding carboxylic acids is 1. The molecule has 0 aromatic heterocycles. The predicted molar refractivity (Wildman–Crippen MR) is 64.9 cm³/mol. The normalized spacial score (nSPS) is 10.6. The molecule has 1 rings (SSSR count). The van der Waals surface area contributed by atoms with Crippen molar-refractivity contribution in [1.82, 2.24) is 0 Å². The minimum Gasteiger partial charge on any atom is -0.398 e. The third kappa shape index (κ3) is 3.47. The average Bonchev–Trinajstić information content (AvgIpc) is 2.16. The number of hydrogen-bond donors (Lipinski definition) is 2. The van der Waals surface area contributed by atoms with E-state index in [4.69, 9.17) is 11.5 Å². The molecule has 3 nitrogen and oxygen atoms in total. The SMILES string of the molecule is CC(C)CSc1cc(C(N)=O)ccc1N. The monoisotopic (exact) mass is 224 g/mol. The van der Waals surface area contributed by atoms with Crippen LogP contribution in [0.15, 0.2) is 23.1 Å². The summed E-state index contributed by atoms with van der Waals surface area (Å²) in [4.78, 5) is 11.9. The Morgan fingerprint density at radius 1 is 1.47 bits per heavy atom. The maximum absolute atomic E-state index is 11.0. The number of amides is 1. The summed E-state index contributed by atoms with van der Waals surface area (Å²) in [5.41, 5.74) is 12.2. The van der Waals surface area contributed by atoms with E-state index in [1.165, 1.54) is 0 Å². The van der Waals surface area contributed by atoms with Crippen LogP contribution >= 0.6 is 11.8 Å². The lowest BCUT2D eigenvalue weighted by molar-refractivity contribution is 0.1000. The summed E-state index contributed by atoms with van der Waals surface area (Å²) in [5.74, 6) is 1.15. The summed E-state index contributed by atoms with van der Waals surface area (Å²) in [7, 11) is 0. The number of rotatable bonds is 4. The van der Waals surface area contributed by atoms with Crippen LogP contribution in [0.25, 0.3) is 0 Å². The smallest absolute Gasteiger partial charge is 0.248 e. The Morgan fingerprint density at radius 3 is 2.67 bits per heavy atom. The van der Waals surface area contributed by atoms with Crippen LogP contribution in [-0.2, 0) is 0 Å². The molecule has 0 unspecified atom stereocenters. The Hall–Kier alpha value is -1.16. The highest BCUT2D eigenvalue weighted by molar-refractivity contribution is 7.99. The quantitative estimate of drug-likeness (QED) is 0.608. The van der Waals surface area contributed by atoms with E-state index in [2.05, 4.69) is 13.8 Å². The Balaban J connectivity index is 2.85. The van der Waals surface area contributed by atoms with E-state index < -0.39 is 5.91 Å². The second kappa shape index (κ2) is 5.07. The van der Waals surface area contributed by atoms with Gasteiger partial charge >= 0.3 is 0 Å². The zero-order valence-electron chi connectivity index (χ0n) is 8.99. The number of nitrogens with two attached hydrogens (primary N) is 2. The molecule has 82 valence electrons. The van der Waals surface area contributed by atoms with Gasteiger partial charge in [-0.15, -0.1) is 11.8 Å². The first-order valence-electron chi connectivity index (χ1n) is 4.83. The number of anilines is 1. The van der Waals surface area contributed by atoms with Gasteiger partial charge in [-0.25, -0.2) is 0 Å². The first-order chi connectivity index (χ1) is 7.00. The van der Waals surface area contributed by atoms with Gasteiger partial charge in [0, 0.05) is 21.9 Å². The molecule has 0 spiro atoms. The number of thioether (sulfide) groups is 1. The number of primary amides is 1. The fourth-order valence-electron chi connectivity index (χ4n) is 1.07. The van der Waals surface area contributed by atoms with Crippen molar-refractivity contribution in [3.8, 4) is 0 Å². The molecule has 0 fully saturated rings. The maximum atomic E-state index is 11.0. The fraction of sp³-hybridized carbons (Fsp3) is 0.364. The molecular formula is C11H16N2OS. The van der Waals surface area contributed by atoms with Crippen LogP contribution < -0.4 is 11.5 Å². The van der Waals surface area contributed by atoms with E-state index >= 15 is 0 Å². The van der Waals surface area contributed by atoms with E-state index in [0.29, 0.717) is 17.2 Å². The van der Waals surface area contributed by atoms with Crippen molar-refractivity contribution in [3.63, 3.8) is 0 Å². The molecule has 0 saturated carbocycles. The summed E-state index contributed by atoms with van der Waals surface area (Å²) in [6.45, 7) is 4.28. The first kappa shape index (κ1) is 11.9.